The molecule has 0 aromatic heterocycles. The maximum atomic E-state index is 10.8. The predicted molar refractivity (Wildman–Crippen MR) is 68.8 cm³/mol. The molecule has 90 valence electrons. The van der Waals surface area contributed by atoms with Crippen molar-refractivity contribution in [2.45, 2.75) is 13.0 Å². The van der Waals surface area contributed by atoms with Gasteiger partial charge in [0.15, 0.2) is 0 Å². The molecule has 1 aromatic rings. The summed E-state index contributed by atoms with van der Waals surface area (Å²) in [6.45, 7) is 1.96. The standard InChI is InChI=1S/C12H13BrN2O2/c1-8(16)14-7-11-6-12(15-17-11)9-2-4-10(13)5-3-9/h2-6,11,15H,7H2,1H3,(H,14,16). The van der Waals surface area contributed by atoms with E-state index in [2.05, 4.69) is 26.7 Å². The van der Waals surface area contributed by atoms with Crippen LogP contribution in [0.2, 0.25) is 0 Å². The number of nitrogens with one attached hydrogen (secondary N) is 2. The number of carbonyl (C=O) groups is 1. The molecule has 4 nitrogen and oxygen atoms in total. The number of carbonyl (C=O) groups excluding carboxylic acids is 1. The highest BCUT2D eigenvalue weighted by atomic mass is 79.9. The first-order valence-corrected chi connectivity index (χ1v) is 6.08. The third-order valence-electron chi connectivity index (χ3n) is 2.38. The number of rotatable bonds is 3. The normalized spacial score (nSPS) is 18.5. The van der Waals surface area contributed by atoms with Crippen molar-refractivity contribution in [3.8, 4) is 0 Å². The molecule has 1 aliphatic heterocycles. The van der Waals surface area contributed by atoms with Gasteiger partial charge >= 0.3 is 0 Å². The molecule has 0 fully saturated rings. The van der Waals surface area contributed by atoms with Gasteiger partial charge in [-0.2, -0.15) is 0 Å². The zero-order valence-corrected chi connectivity index (χ0v) is 11.0. The molecule has 0 saturated heterocycles. The Labute approximate surface area is 108 Å². The van der Waals surface area contributed by atoms with Crippen molar-refractivity contribution in [2.75, 3.05) is 6.54 Å². The van der Waals surface area contributed by atoms with Crippen LogP contribution in [0.1, 0.15) is 12.5 Å². The average molecular weight is 297 g/mol. The molecule has 0 aliphatic carbocycles. The monoisotopic (exact) mass is 296 g/mol. The Balaban J connectivity index is 2.01. The van der Waals surface area contributed by atoms with Crippen LogP contribution in [0.25, 0.3) is 5.70 Å². The molecular formula is C12H13BrN2O2. The summed E-state index contributed by atoms with van der Waals surface area (Å²) in [7, 11) is 0. The largest absolute Gasteiger partial charge is 0.353 e. The van der Waals surface area contributed by atoms with Crippen LogP contribution < -0.4 is 10.8 Å². The Kier molecular flexibility index (Phi) is 3.81. The van der Waals surface area contributed by atoms with Crippen molar-refractivity contribution in [2.24, 2.45) is 0 Å². The molecule has 1 heterocycles. The summed E-state index contributed by atoms with van der Waals surface area (Å²) in [5, 5.41) is 2.71. The van der Waals surface area contributed by atoms with E-state index >= 15 is 0 Å². The molecule has 2 N–H and O–H groups in total. The van der Waals surface area contributed by atoms with Crippen molar-refractivity contribution < 1.29 is 9.63 Å². The minimum absolute atomic E-state index is 0.0564. The zero-order chi connectivity index (χ0) is 12.3. The van der Waals surface area contributed by atoms with Gasteiger partial charge in [0.1, 0.15) is 6.10 Å². The van der Waals surface area contributed by atoms with Gasteiger partial charge in [-0.1, -0.05) is 28.1 Å². The minimum Gasteiger partial charge on any atom is -0.353 e. The fourth-order valence-corrected chi connectivity index (χ4v) is 1.79. The first-order chi connectivity index (χ1) is 8.15. The van der Waals surface area contributed by atoms with Gasteiger partial charge in [-0.15, -0.1) is 0 Å². The van der Waals surface area contributed by atoms with Gasteiger partial charge in [0.25, 0.3) is 0 Å². The molecule has 1 unspecified atom stereocenters. The molecule has 0 spiro atoms. The maximum Gasteiger partial charge on any atom is 0.216 e. The first-order valence-electron chi connectivity index (χ1n) is 5.29. The highest BCUT2D eigenvalue weighted by Gasteiger charge is 2.17. The third-order valence-corrected chi connectivity index (χ3v) is 2.91. The second-order valence-corrected chi connectivity index (χ2v) is 4.70. The molecule has 5 heteroatoms. The molecule has 1 aliphatic rings. The minimum atomic E-state index is -0.127. The van der Waals surface area contributed by atoms with E-state index in [1.54, 1.807) is 0 Å². The van der Waals surface area contributed by atoms with Crippen molar-refractivity contribution in [1.29, 1.82) is 0 Å². The fraction of sp³-hybridized carbons (Fsp3) is 0.250. The highest BCUT2D eigenvalue weighted by molar-refractivity contribution is 9.10. The number of hydrogen-bond acceptors (Lipinski definition) is 3. The second kappa shape index (κ2) is 5.33. The van der Waals surface area contributed by atoms with Crippen LogP contribution in [-0.2, 0) is 9.63 Å². The first kappa shape index (κ1) is 12.1. The number of benzene rings is 1. The van der Waals surface area contributed by atoms with Gasteiger partial charge in [0, 0.05) is 11.4 Å². The van der Waals surface area contributed by atoms with Gasteiger partial charge in [0.2, 0.25) is 5.91 Å². The predicted octanol–water partition coefficient (Wildman–Crippen LogP) is 1.83. The molecule has 17 heavy (non-hydrogen) atoms. The lowest BCUT2D eigenvalue weighted by Gasteiger charge is -2.07. The van der Waals surface area contributed by atoms with E-state index in [4.69, 9.17) is 4.84 Å². The van der Waals surface area contributed by atoms with Crippen molar-refractivity contribution in [3.05, 3.63) is 40.4 Å². The summed E-state index contributed by atoms with van der Waals surface area (Å²) in [6, 6.07) is 7.93. The van der Waals surface area contributed by atoms with Crippen LogP contribution in [0.4, 0.5) is 0 Å². The summed E-state index contributed by atoms with van der Waals surface area (Å²) in [6.07, 6.45) is 1.83. The smallest absolute Gasteiger partial charge is 0.216 e. The summed E-state index contributed by atoms with van der Waals surface area (Å²) >= 11 is 3.39. The van der Waals surface area contributed by atoms with Crippen molar-refractivity contribution in [3.63, 3.8) is 0 Å². The lowest BCUT2D eigenvalue weighted by Crippen LogP contribution is -2.30. The molecule has 1 aromatic carbocycles. The third kappa shape index (κ3) is 3.31. The molecule has 0 radical (unpaired) electrons. The molecule has 1 atom stereocenters. The second-order valence-electron chi connectivity index (χ2n) is 3.78. The van der Waals surface area contributed by atoms with E-state index in [-0.39, 0.29) is 12.0 Å². The van der Waals surface area contributed by atoms with Gasteiger partial charge < -0.3 is 5.32 Å². The number of hydrogen-bond donors (Lipinski definition) is 2. The average Bonchev–Trinajstić information content (AvgIpc) is 2.76. The highest BCUT2D eigenvalue weighted by Crippen LogP contribution is 2.20. The van der Waals surface area contributed by atoms with Crippen molar-refractivity contribution in [1.82, 2.24) is 10.8 Å². The summed E-state index contributed by atoms with van der Waals surface area (Å²) in [5.74, 6) is -0.0564. The molecule has 2 rings (SSSR count). The summed E-state index contributed by atoms with van der Waals surface area (Å²) < 4.78 is 1.04. The SMILES string of the molecule is CC(=O)NCC1C=C(c2ccc(Br)cc2)NO1. The Morgan fingerprint density at radius 2 is 2.18 bits per heavy atom. The number of hydroxylamine groups is 1. The fourth-order valence-electron chi connectivity index (χ4n) is 1.52. The van der Waals surface area contributed by atoms with E-state index in [9.17, 15) is 4.79 Å². The van der Waals surface area contributed by atoms with Crippen LogP contribution >= 0.6 is 15.9 Å². The Morgan fingerprint density at radius 3 is 2.82 bits per heavy atom. The van der Waals surface area contributed by atoms with Crippen LogP contribution in [0.15, 0.2) is 34.8 Å². The van der Waals surface area contributed by atoms with Crippen LogP contribution in [0.5, 0.6) is 0 Å². The van der Waals surface area contributed by atoms with Gasteiger partial charge in [-0.25, -0.2) is 0 Å². The molecule has 1 amide bonds. The van der Waals surface area contributed by atoms with Crippen LogP contribution in [-0.4, -0.2) is 18.6 Å². The Morgan fingerprint density at radius 1 is 1.47 bits per heavy atom. The molecule has 0 saturated carbocycles. The topological polar surface area (TPSA) is 50.4 Å². The maximum absolute atomic E-state index is 10.8. The van der Waals surface area contributed by atoms with E-state index in [0.29, 0.717) is 6.54 Å². The van der Waals surface area contributed by atoms with E-state index in [1.807, 2.05) is 30.3 Å². The molecular weight excluding hydrogens is 284 g/mol. The Hall–Kier alpha value is -1.33. The summed E-state index contributed by atoms with van der Waals surface area (Å²) in [4.78, 5) is 16.1. The van der Waals surface area contributed by atoms with E-state index in [1.165, 1.54) is 6.92 Å². The zero-order valence-electron chi connectivity index (χ0n) is 9.37. The van der Waals surface area contributed by atoms with Crippen molar-refractivity contribution >= 4 is 27.5 Å². The van der Waals surface area contributed by atoms with Gasteiger partial charge in [-0.05, 0) is 23.8 Å². The number of halogens is 1. The van der Waals surface area contributed by atoms with Gasteiger partial charge in [0.05, 0.1) is 12.2 Å². The van der Waals surface area contributed by atoms with Gasteiger partial charge in [-0.3, -0.25) is 15.1 Å². The lowest BCUT2D eigenvalue weighted by atomic mass is 10.1. The van der Waals surface area contributed by atoms with Crippen LogP contribution in [0, 0.1) is 0 Å². The Bertz CT molecular complexity index is 442. The quantitative estimate of drug-likeness (QED) is 0.895. The lowest BCUT2D eigenvalue weighted by molar-refractivity contribution is -0.119. The molecule has 0 bridgehead atoms. The van der Waals surface area contributed by atoms with E-state index in [0.717, 1.165) is 15.7 Å². The van der Waals surface area contributed by atoms with E-state index < -0.39 is 0 Å². The summed E-state index contributed by atoms with van der Waals surface area (Å²) in [5.41, 5.74) is 4.84. The van der Waals surface area contributed by atoms with Crippen LogP contribution in [0.3, 0.4) is 0 Å². The number of amides is 1.